The van der Waals surface area contributed by atoms with Gasteiger partial charge in [-0.1, -0.05) is 0 Å². The van der Waals surface area contributed by atoms with Gasteiger partial charge in [-0.25, -0.2) is 9.37 Å². The molecule has 1 atom stereocenters. The fourth-order valence-electron chi connectivity index (χ4n) is 1.23. The van der Waals surface area contributed by atoms with Crippen molar-refractivity contribution in [2.24, 2.45) is 12.8 Å². The van der Waals surface area contributed by atoms with Gasteiger partial charge in [0.2, 0.25) is 0 Å². The summed E-state index contributed by atoms with van der Waals surface area (Å²) in [7, 11) is 1.73. The minimum atomic E-state index is -0.539. The van der Waals surface area contributed by atoms with Gasteiger partial charge in [0.25, 0.3) is 0 Å². The molecule has 6 heteroatoms. The molecule has 0 aliphatic carbocycles. The third kappa shape index (κ3) is 1.42. The second-order valence-electron chi connectivity index (χ2n) is 2.85. The number of hydrogen-bond acceptors (Lipinski definition) is 4. The number of nitrogens with zero attached hydrogens (tertiary/aromatic N) is 3. The Morgan fingerprint density at radius 3 is 2.93 bits per heavy atom. The van der Waals surface area contributed by atoms with Crippen molar-refractivity contribution in [3.8, 4) is 0 Å². The normalized spacial score (nSPS) is 13.1. The van der Waals surface area contributed by atoms with Crippen molar-refractivity contribution in [1.29, 1.82) is 0 Å². The lowest BCUT2D eigenvalue weighted by Crippen LogP contribution is -2.16. The molecule has 1 unspecified atom stereocenters. The third-order valence-corrected chi connectivity index (χ3v) is 2.93. The number of halogens is 1. The van der Waals surface area contributed by atoms with Crippen LogP contribution in [-0.2, 0) is 7.05 Å². The van der Waals surface area contributed by atoms with E-state index in [9.17, 15) is 4.39 Å². The molecule has 74 valence electrons. The van der Waals surface area contributed by atoms with Gasteiger partial charge in [0.1, 0.15) is 24.0 Å². The van der Waals surface area contributed by atoms with Crippen LogP contribution in [0.25, 0.3) is 0 Å². The Morgan fingerprint density at radius 1 is 1.64 bits per heavy atom. The summed E-state index contributed by atoms with van der Waals surface area (Å²) in [5.74, 6) is 0.275. The molecule has 0 aliphatic rings. The average Bonchev–Trinajstić information content (AvgIpc) is 2.73. The maximum atomic E-state index is 13.2. The largest absolute Gasteiger partial charge is 0.317 e. The monoisotopic (exact) mass is 212 g/mol. The highest BCUT2D eigenvalue weighted by Gasteiger charge is 2.18. The molecule has 2 rings (SSSR count). The van der Waals surface area contributed by atoms with Gasteiger partial charge in [-0.3, -0.25) is 4.68 Å². The highest BCUT2D eigenvalue weighted by molar-refractivity contribution is 7.10. The van der Waals surface area contributed by atoms with Crippen LogP contribution in [0.5, 0.6) is 0 Å². The Kier molecular flexibility index (Phi) is 2.30. The molecule has 0 radical (unpaired) electrons. The molecule has 0 amide bonds. The standard InChI is InChI=1S/C8H9FN4S/c1-13-8(11-4-12-13)6(10)7-5(9)2-3-14-7/h2-4,6H,10H2,1H3. The van der Waals surface area contributed by atoms with Crippen LogP contribution in [0, 0.1) is 5.82 Å². The Balaban J connectivity index is 2.38. The van der Waals surface area contributed by atoms with Gasteiger partial charge in [-0.2, -0.15) is 5.10 Å². The summed E-state index contributed by atoms with van der Waals surface area (Å²) in [4.78, 5) is 4.47. The number of hydrogen-bond donors (Lipinski definition) is 1. The van der Waals surface area contributed by atoms with E-state index >= 15 is 0 Å². The first kappa shape index (κ1) is 9.29. The zero-order valence-corrected chi connectivity index (χ0v) is 8.33. The van der Waals surface area contributed by atoms with Crippen LogP contribution >= 0.6 is 11.3 Å². The highest BCUT2D eigenvalue weighted by Crippen LogP contribution is 2.24. The summed E-state index contributed by atoms with van der Waals surface area (Å²) in [6.45, 7) is 0. The number of thiophene rings is 1. The van der Waals surface area contributed by atoms with E-state index in [0.29, 0.717) is 10.7 Å². The average molecular weight is 212 g/mol. The molecule has 0 saturated carbocycles. The second kappa shape index (κ2) is 3.47. The van der Waals surface area contributed by atoms with Gasteiger partial charge in [-0.15, -0.1) is 11.3 Å². The van der Waals surface area contributed by atoms with E-state index in [1.54, 1.807) is 17.1 Å². The predicted octanol–water partition coefficient (Wildman–Crippen LogP) is 1.06. The molecule has 2 N–H and O–H groups in total. The van der Waals surface area contributed by atoms with Crippen molar-refractivity contribution >= 4 is 11.3 Å². The summed E-state index contributed by atoms with van der Waals surface area (Å²) in [5, 5.41) is 5.55. The van der Waals surface area contributed by atoms with E-state index in [1.807, 2.05) is 0 Å². The molecule has 4 nitrogen and oxygen atoms in total. The van der Waals surface area contributed by atoms with Crippen LogP contribution in [0.15, 0.2) is 17.8 Å². The number of aromatic nitrogens is 3. The molecular formula is C8H9FN4S. The van der Waals surface area contributed by atoms with Crippen LogP contribution in [0.3, 0.4) is 0 Å². The van der Waals surface area contributed by atoms with Crippen LogP contribution in [0.2, 0.25) is 0 Å². The molecule has 14 heavy (non-hydrogen) atoms. The molecule has 2 aromatic rings. The summed E-state index contributed by atoms with van der Waals surface area (Å²) in [6.07, 6.45) is 1.40. The second-order valence-corrected chi connectivity index (χ2v) is 3.80. The van der Waals surface area contributed by atoms with Gasteiger partial charge in [0.05, 0.1) is 4.88 Å². The minimum absolute atomic E-state index is 0.287. The Labute approximate surface area is 84.2 Å². The highest BCUT2D eigenvalue weighted by atomic mass is 32.1. The van der Waals surface area contributed by atoms with Crippen LogP contribution in [0.1, 0.15) is 16.7 Å². The number of rotatable bonds is 2. The lowest BCUT2D eigenvalue weighted by atomic mass is 10.2. The molecule has 0 aromatic carbocycles. The van der Waals surface area contributed by atoms with Gasteiger partial charge in [-0.05, 0) is 11.4 Å². The summed E-state index contributed by atoms with van der Waals surface area (Å²) in [5.41, 5.74) is 5.85. The molecule has 2 aromatic heterocycles. The summed E-state index contributed by atoms with van der Waals surface area (Å²) in [6, 6.07) is 0.860. The summed E-state index contributed by atoms with van der Waals surface area (Å²) >= 11 is 1.28. The van der Waals surface area contributed by atoms with Crippen LogP contribution in [-0.4, -0.2) is 14.8 Å². The first-order valence-corrected chi connectivity index (χ1v) is 4.90. The Hall–Kier alpha value is -1.27. The first-order valence-electron chi connectivity index (χ1n) is 4.02. The Bertz CT molecular complexity index is 396. The van der Waals surface area contributed by atoms with Crippen molar-refractivity contribution in [3.63, 3.8) is 0 Å². The Morgan fingerprint density at radius 2 is 2.43 bits per heavy atom. The van der Waals surface area contributed by atoms with E-state index in [2.05, 4.69) is 10.1 Å². The zero-order valence-electron chi connectivity index (χ0n) is 7.51. The van der Waals surface area contributed by atoms with Crippen LogP contribution < -0.4 is 5.73 Å². The molecule has 0 saturated heterocycles. The molecule has 0 fully saturated rings. The van der Waals surface area contributed by atoms with E-state index in [-0.39, 0.29) is 5.82 Å². The predicted molar refractivity (Wildman–Crippen MR) is 51.3 cm³/mol. The summed E-state index contributed by atoms with van der Waals surface area (Å²) < 4.78 is 14.7. The van der Waals surface area contributed by atoms with E-state index in [4.69, 9.17) is 5.73 Å². The van der Waals surface area contributed by atoms with Gasteiger partial charge < -0.3 is 5.73 Å². The molecule has 0 aliphatic heterocycles. The fourth-order valence-corrected chi connectivity index (χ4v) is 2.00. The van der Waals surface area contributed by atoms with E-state index in [0.717, 1.165) is 0 Å². The van der Waals surface area contributed by atoms with Crippen molar-refractivity contribution < 1.29 is 4.39 Å². The molecular weight excluding hydrogens is 203 g/mol. The fraction of sp³-hybridized carbons (Fsp3) is 0.250. The van der Waals surface area contributed by atoms with Crippen molar-refractivity contribution in [3.05, 3.63) is 34.3 Å². The van der Waals surface area contributed by atoms with Gasteiger partial charge >= 0.3 is 0 Å². The first-order chi connectivity index (χ1) is 6.70. The molecule has 0 spiro atoms. The van der Waals surface area contributed by atoms with Gasteiger partial charge in [0.15, 0.2) is 0 Å². The minimum Gasteiger partial charge on any atom is -0.317 e. The third-order valence-electron chi connectivity index (χ3n) is 1.95. The van der Waals surface area contributed by atoms with E-state index in [1.165, 1.54) is 23.7 Å². The molecule has 2 heterocycles. The zero-order chi connectivity index (χ0) is 10.1. The topological polar surface area (TPSA) is 56.7 Å². The van der Waals surface area contributed by atoms with Crippen LogP contribution in [0.4, 0.5) is 4.39 Å². The van der Waals surface area contributed by atoms with Crippen molar-refractivity contribution in [1.82, 2.24) is 14.8 Å². The lowest BCUT2D eigenvalue weighted by molar-refractivity contribution is 0.592. The smallest absolute Gasteiger partial charge is 0.149 e. The SMILES string of the molecule is Cn1ncnc1C(N)c1sccc1F. The maximum Gasteiger partial charge on any atom is 0.149 e. The van der Waals surface area contributed by atoms with E-state index < -0.39 is 6.04 Å². The molecule has 0 bridgehead atoms. The lowest BCUT2D eigenvalue weighted by Gasteiger charge is -2.08. The van der Waals surface area contributed by atoms with Crippen molar-refractivity contribution in [2.75, 3.05) is 0 Å². The maximum absolute atomic E-state index is 13.2. The quantitative estimate of drug-likeness (QED) is 0.810. The number of nitrogens with two attached hydrogens (primary N) is 1. The number of aryl methyl sites for hydroxylation is 1. The van der Waals surface area contributed by atoms with Gasteiger partial charge in [0, 0.05) is 7.05 Å². The van der Waals surface area contributed by atoms with Crippen molar-refractivity contribution in [2.45, 2.75) is 6.04 Å².